The molecule has 72 valence electrons. The molecular formula is C10H16N2O. The molecule has 0 aliphatic carbocycles. The van der Waals surface area contributed by atoms with E-state index in [1.807, 2.05) is 13.0 Å². The lowest BCUT2D eigenvalue weighted by Crippen LogP contribution is -2.26. The molecule has 0 saturated carbocycles. The molecule has 0 spiro atoms. The van der Waals surface area contributed by atoms with Gasteiger partial charge in [-0.15, -0.1) is 0 Å². The Hall–Kier alpha value is -0.800. The van der Waals surface area contributed by atoms with Crippen molar-refractivity contribution in [3.8, 4) is 0 Å². The van der Waals surface area contributed by atoms with Crippen molar-refractivity contribution in [2.75, 3.05) is 13.1 Å². The van der Waals surface area contributed by atoms with Gasteiger partial charge in [0.15, 0.2) is 0 Å². The fourth-order valence-electron chi connectivity index (χ4n) is 1.82. The van der Waals surface area contributed by atoms with Gasteiger partial charge in [-0.3, -0.25) is 4.90 Å². The number of likely N-dealkylation sites (tertiary alicyclic amines) is 1. The van der Waals surface area contributed by atoms with Crippen LogP contribution in [-0.4, -0.2) is 24.0 Å². The molecular weight excluding hydrogens is 164 g/mol. The second-order valence-corrected chi connectivity index (χ2v) is 3.79. The Morgan fingerprint density at radius 2 is 2.54 bits per heavy atom. The van der Waals surface area contributed by atoms with Crippen molar-refractivity contribution in [1.29, 1.82) is 0 Å². The predicted molar refractivity (Wildman–Crippen MR) is 51.3 cm³/mol. The quantitative estimate of drug-likeness (QED) is 0.741. The van der Waals surface area contributed by atoms with E-state index < -0.39 is 0 Å². The van der Waals surface area contributed by atoms with Crippen LogP contribution >= 0.6 is 0 Å². The molecule has 2 N–H and O–H groups in total. The van der Waals surface area contributed by atoms with E-state index in [0.717, 1.165) is 31.8 Å². The van der Waals surface area contributed by atoms with Gasteiger partial charge >= 0.3 is 0 Å². The Balaban J connectivity index is 1.95. The topological polar surface area (TPSA) is 42.4 Å². The molecule has 1 aromatic heterocycles. The minimum Gasteiger partial charge on any atom is -0.469 e. The maximum atomic E-state index is 5.83. The van der Waals surface area contributed by atoms with Crippen molar-refractivity contribution < 1.29 is 4.42 Å². The third kappa shape index (κ3) is 1.92. The number of hydrogen-bond acceptors (Lipinski definition) is 3. The van der Waals surface area contributed by atoms with Crippen molar-refractivity contribution in [1.82, 2.24) is 4.90 Å². The zero-order valence-electron chi connectivity index (χ0n) is 7.99. The van der Waals surface area contributed by atoms with Crippen LogP contribution in [0.1, 0.15) is 17.7 Å². The Morgan fingerprint density at radius 1 is 1.69 bits per heavy atom. The first kappa shape index (κ1) is 8.78. The number of nitrogens with zero attached hydrogens (tertiary/aromatic N) is 1. The summed E-state index contributed by atoms with van der Waals surface area (Å²) in [6.07, 6.45) is 2.87. The van der Waals surface area contributed by atoms with Crippen LogP contribution in [0.5, 0.6) is 0 Å². The van der Waals surface area contributed by atoms with Crippen molar-refractivity contribution in [3.63, 3.8) is 0 Å². The Morgan fingerprint density at radius 3 is 3.08 bits per heavy atom. The summed E-state index contributed by atoms with van der Waals surface area (Å²) in [6, 6.07) is 2.41. The van der Waals surface area contributed by atoms with Crippen molar-refractivity contribution in [2.45, 2.75) is 25.9 Å². The Labute approximate surface area is 78.5 Å². The Kier molecular flexibility index (Phi) is 2.38. The number of hydrogen-bond donors (Lipinski definition) is 1. The molecule has 1 aliphatic rings. The highest BCUT2D eigenvalue weighted by atomic mass is 16.3. The normalized spacial score (nSPS) is 24.0. The molecule has 0 bridgehead atoms. The smallest absolute Gasteiger partial charge is 0.105 e. The highest BCUT2D eigenvalue weighted by molar-refractivity contribution is 5.15. The van der Waals surface area contributed by atoms with Crippen LogP contribution in [0.25, 0.3) is 0 Å². The molecule has 1 aromatic rings. The van der Waals surface area contributed by atoms with Gasteiger partial charge in [-0.2, -0.15) is 0 Å². The second-order valence-electron chi connectivity index (χ2n) is 3.79. The zero-order chi connectivity index (χ0) is 9.26. The van der Waals surface area contributed by atoms with E-state index in [9.17, 15) is 0 Å². The van der Waals surface area contributed by atoms with E-state index in [4.69, 9.17) is 10.2 Å². The first-order valence-corrected chi connectivity index (χ1v) is 4.76. The standard InChI is InChI=1S/C10H16N2O/c1-8-9(3-5-13-8)6-12-4-2-10(11)7-12/h3,5,10H,2,4,6-7,11H2,1H3. The van der Waals surface area contributed by atoms with E-state index >= 15 is 0 Å². The highest BCUT2D eigenvalue weighted by Gasteiger charge is 2.19. The fourth-order valence-corrected chi connectivity index (χ4v) is 1.82. The summed E-state index contributed by atoms with van der Waals surface area (Å²) in [7, 11) is 0. The van der Waals surface area contributed by atoms with Gasteiger partial charge in [-0.1, -0.05) is 0 Å². The molecule has 1 unspecified atom stereocenters. The molecule has 0 radical (unpaired) electrons. The van der Waals surface area contributed by atoms with Crippen LogP contribution in [0, 0.1) is 6.92 Å². The molecule has 3 nitrogen and oxygen atoms in total. The van der Waals surface area contributed by atoms with Crippen molar-refractivity contribution in [2.24, 2.45) is 5.73 Å². The number of nitrogens with two attached hydrogens (primary N) is 1. The lowest BCUT2D eigenvalue weighted by atomic mass is 10.2. The SMILES string of the molecule is Cc1occc1CN1CCC(N)C1. The summed E-state index contributed by atoms with van der Waals surface area (Å²) in [5.74, 6) is 1.03. The summed E-state index contributed by atoms with van der Waals surface area (Å²) < 4.78 is 5.24. The summed E-state index contributed by atoms with van der Waals surface area (Å²) in [6.45, 7) is 5.12. The number of furan rings is 1. The fraction of sp³-hybridized carbons (Fsp3) is 0.600. The van der Waals surface area contributed by atoms with E-state index in [1.165, 1.54) is 5.56 Å². The summed E-state index contributed by atoms with van der Waals surface area (Å²) in [4.78, 5) is 2.38. The van der Waals surface area contributed by atoms with Gasteiger partial charge < -0.3 is 10.2 Å². The molecule has 2 heterocycles. The second kappa shape index (κ2) is 3.52. The van der Waals surface area contributed by atoms with Gasteiger partial charge in [0.1, 0.15) is 5.76 Å². The molecule has 2 rings (SSSR count). The molecule has 0 amide bonds. The van der Waals surface area contributed by atoms with Crippen LogP contribution in [0.2, 0.25) is 0 Å². The molecule has 1 saturated heterocycles. The third-order valence-electron chi connectivity index (χ3n) is 2.67. The van der Waals surface area contributed by atoms with E-state index in [0.29, 0.717) is 6.04 Å². The Bertz CT molecular complexity index is 282. The van der Waals surface area contributed by atoms with Crippen molar-refractivity contribution >= 4 is 0 Å². The van der Waals surface area contributed by atoms with Crippen LogP contribution in [-0.2, 0) is 6.54 Å². The number of rotatable bonds is 2. The highest BCUT2D eigenvalue weighted by Crippen LogP contribution is 2.15. The van der Waals surface area contributed by atoms with Gasteiger partial charge in [-0.05, 0) is 19.4 Å². The maximum Gasteiger partial charge on any atom is 0.105 e. The third-order valence-corrected chi connectivity index (χ3v) is 2.67. The molecule has 1 aliphatic heterocycles. The molecule has 0 aromatic carbocycles. The first-order valence-electron chi connectivity index (χ1n) is 4.76. The summed E-state index contributed by atoms with van der Waals surface area (Å²) in [5.41, 5.74) is 7.11. The minimum atomic E-state index is 0.368. The minimum absolute atomic E-state index is 0.368. The van der Waals surface area contributed by atoms with E-state index in [2.05, 4.69) is 4.90 Å². The van der Waals surface area contributed by atoms with Crippen LogP contribution in [0.4, 0.5) is 0 Å². The summed E-state index contributed by atoms with van der Waals surface area (Å²) in [5, 5.41) is 0. The maximum absolute atomic E-state index is 5.83. The number of aryl methyl sites for hydroxylation is 1. The lowest BCUT2D eigenvalue weighted by Gasteiger charge is -2.13. The molecule has 1 fully saturated rings. The summed E-state index contributed by atoms with van der Waals surface area (Å²) >= 11 is 0. The zero-order valence-corrected chi connectivity index (χ0v) is 7.99. The molecule has 3 heteroatoms. The van der Waals surface area contributed by atoms with Crippen LogP contribution < -0.4 is 5.73 Å². The van der Waals surface area contributed by atoms with E-state index in [1.54, 1.807) is 6.26 Å². The van der Waals surface area contributed by atoms with E-state index in [-0.39, 0.29) is 0 Å². The largest absolute Gasteiger partial charge is 0.469 e. The van der Waals surface area contributed by atoms with Gasteiger partial charge in [0.25, 0.3) is 0 Å². The van der Waals surface area contributed by atoms with Gasteiger partial charge in [0.2, 0.25) is 0 Å². The van der Waals surface area contributed by atoms with Crippen LogP contribution in [0.3, 0.4) is 0 Å². The van der Waals surface area contributed by atoms with Gasteiger partial charge in [0.05, 0.1) is 6.26 Å². The van der Waals surface area contributed by atoms with Crippen molar-refractivity contribution in [3.05, 3.63) is 23.7 Å². The first-order chi connectivity index (χ1) is 6.25. The van der Waals surface area contributed by atoms with Crippen LogP contribution in [0.15, 0.2) is 16.7 Å². The average Bonchev–Trinajstić information content (AvgIpc) is 2.64. The monoisotopic (exact) mass is 180 g/mol. The average molecular weight is 180 g/mol. The van der Waals surface area contributed by atoms with Gasteiger partial charge in [0, 0.05) is 31.2 Å². The molecule has 1 atom stereocenters. The molecule has 13 heavy (non-hydrogen) atoms. The predicted octanol–water partition coefficient (Wildman–Crippen LogP) is 1.12. The van der Waals surface area contributed by atoms with Gasteiger partial charge in [-0.25, -0.2) is 0 Å². The lowest BCUT2D eigenvalue weighted by molar-refractivity contribution is 0.324.